The van der Waals surface area contributed by atoms with Gasteiger partial charge in [0, 0.05) is 11.3 Å². The Bertz CT molecular complexity index is 657. The number of carbonyl (C=O) groups is 1. The van der Waals surface area contributed by atoms with Crippen LogP contribution < -0.4 is 10.1 Å². The molecular weight excluding hydrogens is 306 g/mol. The number of rotatable bonds is 7. The fourth-order valence-electron chi connectivity index (χ4n) is 2.41. The van der Waals surface area contributed by atoms with Gasteiger partial charge in [0.05, 0.1) is 18.9 Å². The van der Waals surface area contributed by atoms with Crippen LogP contribution in [0.15, 0.2) is 48.5 Å². The topological polar surface area (TPSA) is 38.3 Å². The van der Waals surface area contributed by atoms with Gasteiger partial charge < -0.3 is 10.1 Å². The maximum Gasteiger partial charge on any atom is 0.230 e. The zero-order valence-corrected chi connectivity index (χ0v) is 14.7. The number of methoxy groups -OCH3 is 1. The number of ether oxygens (including phenoxy) is 1. The quantitative estimate of drug-likeness (QED) is 0.830. The van der Waals surface area contributed by atoms with Crippen LogP contribution in [-0.4, -0.2) is 18.8 Å². The molecule has 23 heavy (non-hydrogen) atoms. The second-order valence-corrected chi connectivity index (χ2v) is 6.44. The molecule has 0 fully saturated rings. The van der Waals surface area contributed by atoms with Crippen LogP contribution in [0.4, 0.5) is 0 Å². The smallest absolute Gasteiger partial charge is 0.230 e. The standard InChI is InChI=1S/C19H23NO2S/c1-14-8-4-5-9-16(14)12-23-13-19(21)20-15(2)17-10-6-7-11-18(17)22-3/h4-11,15H,12-13H2,1-3H3,(H,20,21). The molecule has 3 nitrogen and oxygen atoms in total. The summed E-state index contributed by atoms with van der Waals surface area (Å²) >= 11 is 1.63. The number of hydrogen-bond donors (Lipinski definition) is 1. The van der Waals surface area contributed by atoms with E-state index in [1.54, 1.807) is 18.9 Å². The van der Waals surface area contributed by atoms with Crippen molar-refractivity contribution in [2.24, 2.45) is 0 Å². The maximum absolute atomic E-state index is 12.1. The number of benzene rings is 2. The van der Waals surface area contributed by atoms with Crippen molar-refractivity contribution in [2.75, 3.05) is 12.9 Å². The van der Waals surface area contributed by atoms with E-state index in [2.05, 4.69) is 24.4 Å². The van der Waals surface area contributed by atoms with Gasteiger partial charge in [-0.1, -0.05) is 42.5 Å². The number of thioether (sulfide) groups is 1. The van der Waals surface area contributed by atoms with Crippen LogP contribution in [0.1, 0.15) is 29.7 Å². The van der Waals surface area contributed by atoms with Gasteiger partial charge in [-0.25, -0.2) is 0 Å². The van der Waals surface area contributed by atoms with Crippen molar-refractivity contribution in [1.82, 2.24) is 5.32 Å². The largest absolute Gasteiger partial charge is 0.496 e. The summed E-state index contributed by atoms with van der Waals surface area (Å²) in [6.45, 7) is 4.07. The second kappa shape index (κ2) is 8.63. The van der Waals surface area contributed by atoms with Crippen LogP contribution in [0.2, 0.25) is 0 Å². The van der Waals surface area contributed by atoms with Gasteiger partial charge in [-0.15, -0.1) is 11.8 Å². The van der Waals surface area contributed by atoms with Crippen LogP contribution in [0.5, 0.6) is 5.75 Å². The molecule has 2 aromatic carbocycles. The maximum atomic E-state index is 12.1. The summed E-state index contributed by atoms with van der Waals surface area (Å²) < 4.78 is 5.34. The van der Waals surface area contributed by atoms with E-state index in [4.69, 9.17) is 4.74 Å². The Kier molecular flexibility index (Phi) is 6.53. The molecule has 0 aromatic heterocycles. The molecule has 0 saturated carbocycles. The zero-order valence-electron chi connectivity index (χ0n) is 13.8. The number of para-hydroxylation sites is 1. The molecule has 0 aliphatic carbocycles. The summed E-state index contributed by atoms with van der Waals surface area (Å²) in [6, 6.07) is 16.0. The summed E-state index contributed by atoms with van der Waals surface area (Å²) in [4.78, 5) is 12.1. The van der Waals surface area contributed by atoms with E-state index in [9.17, 15) is 4.79 Å². The van der Waals surface area contributed by atoms with Gasteiger partial charge in [-0.2, -0.15) is 0 Å². The van der Waals surface area contributed by atoms with Crippen molar-refractivity contribution < 1.29 is 9.53 Å². The van der Waals surface area contributed by atoms with E-state index in [1.807, 2.05) is 43.3 Å². The lowest BCUT2D eigenvalue weighted by molar-refractivity contribution is -0.119. The first-order chi connectivity index (χ1) is 11.1. The second-order valence-electron chi connectivity index (χ2n) is 5.45. The molecular formula is C19H23NO2S. The molecule has 0 heterocycles. The predicted octanol–water partition coefficient (Wildman–Crippen LogP) is 4.11. The van der Waals surface area contributed by atoms with E-state index in [0.29, 0.717) is 5.75 Å². The number of amides is 1. The van der Waals surface area contributed by atoms with Crippen LogP contribution in [0.3, 0.4) is 0 Å². The molecule has 2 aromatic rings. The third-order valence-electron chi connectivity index (χ3n) is 3.73. The molecule has 0 aliphatic heterocycles. The molecule has 0 aliphatic rings. The fourth-order valence-corrected chi connectivity index (χ4v) is 3.33. The Morgan fingerprint density at radius 2 is 1.87 bits per heavy atom. The molecule has 0 bridgehead atoms. The third kappa shape index (κ3) is 5.03. The van der Waals surface area contributed by atoms with Crippen molar-refractivity contribution in [3.8, 4) is 5.75 Å². The lowest BCUT2D eigenvalue weighted by atomic mass is 10.1. The molecule has 1 unspecified atom stereocenters. The van der Waals surface area contributed by atoms with Crippen LogP contribution in [-0.2, 0) is 10.5 Å². The average Bonchev–Trinajstić information content (AvgIpc) is 2.56. The van der Waals surface area contributed by atoms with Crippen LogP contribution >= 0.6 is 11.8 Å². The van der Waals surface area contributed by atoms with E-state index in [-0.39, 0.29) is 11.9 Å². The highest BCUT2D eigenvalue weighted by Gasteiger charge is 2.13. The number of carbonyl (C=O) groups excluding carboxylic acids is 1. The minimum Gasteiger partial charge on any atom is -0.496 e. The molecule has 0 saturated heterocycles. The SMILES string of the molecule is COc1ccccc1C(C)NC(=O)CSCc1ccccc1C. The normalized spacial score (nSPS) is 11.8. The summed E-state index contributed by atoms with van der Waals surface area (Å²) in [6.07, 6.45) is 0. The van der Waals surface area contributed by atoms with Crippen molar-refractivity contribution in [3.05, 3.63) is 65.2 Å². The first-order valence-electron chi connectivity index (χ1n) is 7.66. The molecule has 1 amide bonds. The molecule has 4 heteroatoms. The highest BCUT2D eigenvalue weighted by atomic mass is 32.2. The van der Waals surface area contributed by atoms with Gasteiger partial charge in [0.2, 0.25) is 5.91 Å². The summed E-state index contributed by atoms with van der Waals surface area (Å²) in [5, 5.41) is 3.03. The first kappa shape index (κ1) is 17.4. The third-order valence-corrected chi connectivity index (χ3v) is 4.72. The number of hydrogen-bond acceptors (Lipinski definition) is 3. The van der Waals surface area contributed by atoms with E-state index >= 15 is 0 Å². The molecule has 0 radical (unpaired) electrons. The van der Waals surface area contributed by atoms with Gasteiger partial charge >= 0.3 is 0 Å². The molecule has 1 N–H and O–H groups in total. The lowest BCUT2D eigenvalue weighted by Gasteiger charge is -2.17. The van der Waals surface area contributed by atoms with Crippen molar-refractivity contribution in [1.29, 1.82) is 0 Å². The summed E-state index contributed by atoms with van der Waals surface area (Å²) in [7, 11) is 1.64. The zero-order chi connectivity index (χ0) is 16.7. The highest BCUT2D eigenvalue weighted by Crippen LogP contribution is 2.24. The van der Waals surface area contributed by atoms with Gasteiger partial charge in [-0.05, 0) is 31.0 Å². The van der Waals surface area contributed by atoms with Gasteiger partial charge in [0.25, 0.3) is 0 Å². The Hall–Kier alpha value is -1.94. The minimum atomic E-state index is -0.0716. The van der Waals surface area contributed by atoms with Gasteiger partial charge in [-0.3, -0.25) is 4.79 Å². The van der Waals surface area contributed by atoms with Gasteiger partial charge in [0.1, 0.15) is 5.75 Å². The van der Waals surface area contributed by atoms with Crippen molar-refractivity contribution >= 4 is 17.7 Å². The molecule has 1 atom stereocenters. The van der Waals surface area contributed by atoms with Crippen LogP contribution in [0.25, 0.3) is 0 Å². The van der Waals surface area contributed by atoms with Gasteiger partial charge in [0.15, 0.2) is 0 Å². The van der Waals surface area contributed by atoms with E-state index < -0.39 is 0 Å². The minimum absolute atomic E-state index is 0.0435. The molecule has 122 valence electrons. The molecule has 0 spiro atoms. The van der Waals surface area contributed by atoms with Crippen LogP contribution in [0, 0.1) is 6.92 Å². The highest BCUT2D eigenvalue weighted by molar-refractivity contribution is 7.99. The Balaban J connectivity index is 1.84. The fraction of sp³-hybridized carbons (Fsp3) is 0.316. The Labute approximate surface area is 142 Å². The average molecular weight is 329 g/mol. The summed E-state index contributed by atoms with van der Waals surface area (Å²) in [5.74, 6) is 2.14. The monoisotopic (exact) mass is 329 g/mol. The van der Waals surface area contributed by atoms with Crippen molar-refractivity contribution in [2.45, 2.75) is 25.6 Å². The first-order valence-corrected chi connectivity index (χ1v) is 8.82. The van der Waals surface area contributed by atoms with Crippen molar-refractivity contribution in [3.63, 3.8) is 0 Å². The predicted molar refractivity (Wildman–Crippen MR) is 96.9 cm³/mol. The van der Waals surface area contributed by atoms with E-state index in [1.165, 1.54) is 11.1 Å². The summed E-state index contributed by atoms with van der Waals surface area (Å²) in [5.41, 5.74) is 3.54. The lowest BCUT2D eigenvalue weighted by Crippen LogP contribution is -2.28. The number of nitrogens with one attached hydrogen (secondary N) is 1. The van der Waals surface area contributed by atoms with E-state index in [0.717, 1.165) is 17.1 Å². The Morgan fingerprint density at radius 1 is 1.17 bits per heavy atom. The molecule has 2 rings (SSSR count). The number of aryl methyl sites for hydroxylation is 1. The Morgan fingerprint density at radius 3 is 2.61 bits per heavy atom.